The van der Waals surface area contributed by atoms with Gasteiger partial charge in [0, 0.05) is 6.04 Å². The van der Waals surface area contributed by atoms with Crippen molar-refractivity contribution >= 4 is 21.6 Å². The first kappa shape index (κ1) is 20.6. The molecular weight excluding hydrogens is 352 g/mol. The fraction of sp³-hybridized carbons (Fsp3) is 0.632. The normalized spacial score (nSPS) is 16.4. The molecule has 0 aromatic heterocycles. The number of carbonyl (C=O) groups is 1. The Hall–Kier alpha value is -1.76. The maximum atomic E-state index is 12.6. The highest BCUT2D eigenvalue weighted by molar-refractivity contribution is 7.92. The highest BCUT2D eigenvalue weighted by atomic mass is 32.2. The summed E-state index contributed by atoms with van der Waals surface area (Å²) in [5.41, 5.74) is 1.29. The molecule has 1 aliphatic rings. The van der Waals surface area contributed by atoms with Gasteiger partial charge < -0.3 is 10.1 Å². The van der Waals surface area contributed by atoms with E-state index in [0.29, 0.717) is 11.4 Å². The van der Waals surface area contributed by atoms with E-state index in [2.05, 4.69) is 5.32 Å². The Morgan fingerprint density at radius 3 is 2.38 bits per heavy atom. The summed E-state index contributed by atoms with van der Waals surface area (Å²) in [4.78, 5) is 12.6. The van der Waals surface area contributed by atoms with Gasteiger partial charge in [-0.3, -0.25) is 9.10 Å². The van der Waals surface area contributed by atoms with Crippen LogP contribution in [0.25, 0.3) is 0 Å². The van der Waals surface area contributed by atoms with Gasteiger partial charge in [-0.15, -0.1) is 0 Å². The topological polar surface area (TPSA) is 75.7 Å². The Labute approximate surface area is 157 Å². The molecule has 1 aromatic carbocycles. The van der Waals surface area contributed by atoms with Gasteiger partial charge in [-0.25, -0.2) is 8.42 Å². The lowest BCUT2D eigenvalue weighted by atomic mass is 9.97. The van der Waals surface area contributed by atoms with Gasteiger partial charge in [0.25, 0.3) is 0 Å². The summed E-state index contributed by atoms with van der Waals surface area (Å²) in [6.45, 7) is 1.63. The molecule has 7 heteroatoms. The molecule has 1 aromatic rings. The first-order valence-corrected chi connectivity index (χ1v) is 11.1. The maximum Gasteiger partial charge on any atom is 0.240 e. The Kier molecular flexibility index (Phi) is 7.32. The van der Waals surface area contributed by atoms with Crippen molar-refractivity contribution in [2.24, 2.45) is 0 Å². The number of hydrogen-bond donors (Lipinski definition) is 1. The van der Waals surface area contributed by atoms with E-state index >= 15 is 0 Å². The molecule has 0 aliphatic heterocycles. The lowest BCUT2D eigenvalue weighted by molar-refractivity contribution is -0.120. The van der Waals surface area contributed by atoms with E-state index in [4.69, 9.17) is 4.74 Å². The number of rotatable bonds is 6. The van der Waals surface area contributed by atoms with Gasteiger partial charge in [-0.1, -0.05) is 38.2 Å². The number of ether oxygens (including phenoxy) is 1. The number of nitrogens with one attached hydrogen (secondary N) is 1. The highest BCUT2D eigenvalue weighted by Gasteiger charge is 2.25. The molecule has 26 heavy (non-hydrogen) atoms. The summed E-state index contributed by atoms with van der Waals surface area (Å²) in [6.07, 6.45) is 8.88. The standard InChI is InChI=1S/C19H30N2O4S/c1-15-11-12-18(25-2)17(13-15)21(26(3,23)24)14-19(22)20-16-9-7-5-4-6-8-10-16/h11-13,16H,4-10,14H2,1-3H3,(H,20,22). The van der Waals surface area contributed by atoms with Gasteiger partial charge in [0.05, 0.1) is 19.1 Å². The van der Waals surface area contributed by atoms with E-state index in [1.807, 2.05) is 13.0 Å². The van der Waals surface area contributed by atoms with Gasteiger partial charge in [0.2, 0.25) is 15.9 Å². The molecule has 0 spiro atoms. The molecule has 6 nitrogen and oxygen atoms in total. The molecule has 1 saturated carbocycles. The lowest BCUT2D eigenvalue weighted by Crippen LogP contribution is -2.44. The average Bonchev–Trinajstić information content (AvgIpc) is 2.54. The van der Waals surface area contributed by atoms with Gasteiger partial charge in [0.1, 0.15) is 12.3 Å². The molecule has 1 N–H and O–H groups in total. The van der Waals surface area contributed by atoms with Crippen LogP contribution >= 0.6 is 0 Å². The van der Waals surface area contributed by atoms with Crippen LogP contribution in [0.15, 0.2) is 18.2 Å². The smallest absolute Gasteiger partial charge is 0.240 e. The Bertz CT molecular complexity index is 710. The lowest BCUT2D eigenvalue weighted by Gasteiger charge is -2.26. The molecule has 146 valence electrons. The number of carbonyl (C=O) groups excluding carboxylic acids is 1. The zero-order valence-corrected chi connectivity index (χ0v) is 16.8. The van der Waals surface area contributed by atoms with Crippen molar-refractivity contribution in [2.75, 3.05) is 24.2 Å². The fourth-order valence-corrected chi connectivity index (χ4v) is 4.23. The number of amides is 1. The van der Waals surface area contributed by atoms with Gasteiger partial charge in [-0.05, 0) is 37.5 Å². The van der Waals surface area contributed by atoms with E-state index in [-0.39, 0.29) is 18.5 Å². The summed E-state index contributed by atoms with van der Waals surface area (Å²) in [5.74, 6) is 0.157. The molecule has 1 fully saturated rings. The molecule has 0 unspecified atom stereocenters. The molecule has 0 saturated heterocycles. The number of sulfonamides is 1. The Morgan fingerprint density at radius 2 is 1.81 bits per heavy atom. The first-order chi connectivity index (χ1) is 12.3. The van der Waals surface area contributed by atoms with Crippen LogP contribution in [-0.2, 0) is 14.8 Å². The Balaban J connectivity index is 2.15. The summed E-state index contributed by atoms with van der Waals surface area (Å²) in [7, 11) is -2.13. The van der Waals surface area contributed by atoms with Crippen LogP contribution in [0, 0.1) is 6.92 Å². The van der Waals surface area contributed by atoms with Crippen LogP contribution in [0.5, 0.6) is 5.75 Å². The fourth-order valence-electron chi connectivity index (χ4n) is 3.38. The minimum atomic E-state index is -3.62. The number of benzene rings is 1. The molecule has 0 heterocycles. The highest BCUT2D eigenvalue weighted by Crippen LogP contribution is 2.30. The number of hydrogen-bond acceptors (Lipinski definition) is 4. The predicted octanol–water partition coefficient (Wildman–Crippen LogP) is 3.00. The van der Waals surface area contributed by atoms with Crippen LogP contribution < -0.4 is 14.4 Å². The largest absolute Gasteiger partial charge is 0.495 e. The minimum absolute atomic E-state index is 0.128. The van der Waals surface area contributed by atoms with E-state index in [1.165, 1.54) is 26.4 Å². The number of methoxy groups -OCH3 is 1. The number of anilines is 1. The number of nitrogens with zero attached hydrogens (tertiary/aromatic N) is 1. The van der Waals surface area contributed by atoms with Crippen molar-refractivity contribution in [3.8, 4) is 5.75 Å². The van der Waals surface area contributed by atoms with Crippen molar-refractivity contribution in [1.82, 2.24) is 5.32 Å². The van der Waals surface area contributed by atoms with Crippen LogP contribution in [0.3, 0.4) is 0 Å². The second-order valence-electron chi connectivity index (χ2n) is 7.05. The van der Waals surface area contributed by atoms with E-state index in [1.54, 1.807) is 12.1 Å². The van der Waals surface area contributed by atoms with Gasteiger partial charge >= 0.3 is 0 Å². The molecule has 0 bridgehead atoms. The van der Waals surface area contributed by atoms with Gasteiger partial charge in [-0.2, -0.15) is 0 Å². The first-order valence-electron chi connectivity index (χ1n) is 9.23. The predicted molar refractivity (Wildman–Crippen MR) is 104 cm³/mol. The monoisotopic (exact) mass is 382 g/mol. The third-order valence-corrected chi connectivity index (χ3v) is 5.89. The van der Waals surface area contributed by atoms with Crippen molar-refractivity contribution in [3.05, 3.63) is 23.8 Å². The van der Waals surface area contributed by atoms with Crippen molar-refractivity contribution in [1.29, 1.82) is 0 Å². The van der Waals surface area contributed by atoms with Crippen LogP contribution in [0.1, 0.15) is 50.5 Å². The molecular formula is C19H30N2O4S. The summed E-state index contributed by atoms with van der Waals surface area (Å²) >= 11 is 0. The van der Waals surface area contributed by atoms with Crippen LogP contribution in [0.4, 0.5) is 5.69 Å². The second kappa shape index (κ2) is 9.26. The average molecular weight is 383 g/mol. The second-order valence-corrected chi connectivity index (χ2v) is 8.96. The van der Waals surface area contributed by atoms with E-state index in [9.17, 15) is 13.2 Å². The van der Waals surface area contributed by atoms with Crippen LogP contribution in [0.2, 0.25) is 0 Å². The minimum Gasteiger partial charge on any atom is -0.495 e. The maximum absolute atomic E-state index is 12.6. The van der Waals surface area contributed by atoms with Crippen molar-refractivity contribution in [2.45, 2.75) is 57.9 Å². The summed E-state index contributed by atoms with van der Waals surface area (Å²) < 4.78 is 31.1. The number of aryl methyl sites for hydroxylation is 1. The van der Waals surface area contributed by atoms with Crippen LogP contribution in [-0.4, -0.2) is 40.3 Å². The third-order valence-electron chi connectivity index (χ3n) is 4.76. The molecule has 1 aliphatic carbocycles. The molecule has 1 amide bonds. The van der Waals surface area contributed by atoms with E-state index in [0.717, 1.165) is 41.8 Å². The third kappa shape index (κ3) is 5.90. The molecule has 0 radical (unpaired) electrons. The zero-order valence-electron chi connectivity index (χ0n) is 16.0. The quantitative estimate of drug-likeness (QED) is 0.821. The van der Waals surface area contributed by atoms with Crippen molar-refractivity contribution in [3.63, 3.8) is 0 Å². The van der Waals surface area contributed by atoms with Gasteiger partial charge in [0.15, 0.2) is 0 Å². The Morgan fingerprint density at radius 1 is 1.19 bits per heavy atom. The van der Waals surface area contributed by atoms with Crippen molar-refractivity contribution < 1.29 is 17.9 Å². The SMILES string of the molecule is COc1ccc(C)cc1N(CC(=O)NC1CCCCCCC1)S(C)(=O)=O. The van der Waals surface area contributed by atoms with E-state index < -0.39 is 10.0 Å². The zero-order chi connectivity index (χ0) is 19.2. The summed E-state index contributed by atoms with van der Waals surface area (Å²) in [6, 6.07) is 5.42. The molecule has 2 rings (SSSR count). The summed E-state index contributed by atoms with van der Waals surface area (Å²) in [5, 5.41) is 3.03. The molecule has 0 atom stereocenters.